The zero-order chi connectivity index (χ0) is 13.5. The standard InChI is InChI=1S/C14H18N2O3/c1-16(8-14(9-17)4-5-14)10-2-3-12-11(6-10)15-13(18)7-19-12/h2-3,6,17H,4-5,7-9H2,1H3,(H,15,18). The highest BCUT2D eigenvalue weighted by Gasteiger charge is 2.42. The molecule has 3 rings (SSSR count). The SMILES string of the molecule is CN(CC1(CO)CC1)c1ccc2c(c1)NC(=O)CO2. The Labute approximate surface area is 112 Å². The lowest BCUT2D eigenvalue weighted by atomic mass is 10.1. The molecule has 1 aromatic carbocycles. The topological polar surface area (TPSA) is 61.8 Å². The maximum absolute atomic E-state index is 11.3. The highest BCUT2D eigenvalue weighted by Crippen LogP contribution is 2.46. The molecule has 0 aromatic heterocycles. The zero-order valence-corrected chi connectivity index (χ0v) is 11.0. The van der Waals surface area contributed by atoms with E-state index in [0.29, 0.717) is 5.75 Å². The molecule has 0 radical (unpaired) electrons. The predicted molar refractivity (Wildman–Crippen MR) is 72.6 cm³/mol. The first-order valence-electron chi connectivity index (χ1n) is 6.51. The number of amides is 1. The van der Waals surface area contributed by atoms with Crippen molar-refractivity contribution in [3.63, 3.8) is 0 Å². The Balaban J connectivity index is 1.77. The first-order chi connectivity index (χ1) is 9.12. The van der Waals surface area contributed by atoms with Crippen LogP contribution < -0.4 is 15.0 Å². The maximum Gasteiger partial charge on any atom is 0.262 e. The molecule has 5 nitrogen and oxygen atoms in total. The van der Waals surface area contributed by atoms with Crippen molar-refractivity contribution in [1.29, 1.82) is 0 Å². The third-order valence-electron chi connectivity index (χ3n) is 3.90. The lowest BCUT2D eigenvalue weighted by Crippen LogP contribution is -2.29. The largest absolute Gasteiger partial charge is 0.482 e. The van der Waals surface area contributed by atoms with Gasteiger partial charge in [-0.2, -0.15) is 0 Å². The van der Waals surface area contributed by atoms with E-state index in [1.807, 2.05) is 25.2 Å². The Morgan fingerprint density at radius 1 is 1.47 bits per heavy atom. The molecule has 19 heavy (non-hydrogen) atoms. The molecule has 0 spiro atoms. The van der Waals surface area contributed by atoms with Crippen molar-refractivity contribution in [2.24, 2.45) is 5.41 Å². The van der Waals surface area contributed by atoms with Gasteiger partial charge in [0.1, 0.15) is 5.75 Å². The average Bonchev–Trinajstić information content (AvgIpc) is 3.18. The van der Waals surface area contributed by atoms with Crippen LogP contribution in [0.15, 0.2) is 18.2 Å². The minimum atomic E-state index is -0.124. The summed E-state index contributed by atoms with van der Waals surface area (Å²) in [5, 5.41) is 12.2. The first kappa shape index (κ1) is 12.3. The van der Waals surface area contributed by atoms with E-state index in [9.17, 15) is 9.90 Å². The number of nitrogens with zero attached hydrogens (tertiary/aromatic N) is 1. The van der Waals surface area contributed by atoms with E-state index < -0.39 is 0 Å². The van der Waals surface area contributed by atoms with Gasteiger partial charge in [-0.25, -0.2) is 0 Å². The second-order valence-corrected chi connectivity index (χ2v) is 5.53. The van der Waals surface area contributed by atoms with Crippen molar-refractivity contribution >= 4 is 17.3 Å². The Bertz CT molecular complexity index is 511. The number of hydrogen-bond acceptors (Lipinski definition) is 4. The molecule has 1 aliphatic carbocycles. The van der Waals surface area contributed by atoms with Gasteiger partial charge in [-0.3, -0.25) is 4.79 Å². The average molecular weight is 262 g/mol. The monoisotopic (exact) mass is 262 g/mol. The smallest absolute Gasteiger partial charge is 0.262 e. The summed E-state index contributed by atoms with van der Waals surface area (Å²) in [4.78, 5) is 13.4. The number of ether oxygens (including phenoxy) is 1. The molecule has 0 saturated heterocycles. The summed E-state index contributed by atoms with van der Waals surface area (Å²) < 4.78 is 5.33. The number of hydrogen-bond donors (Lipinski definition) is 2. The molecule has 2 N–H and O–H groups in total. The summed E-state index contributed by atoms with van der Waals surface area (Å²) >= 11 is 0. The van der Waals surface area contributed by atoms with Crippen molar-refractivity contribution in [2.75, 3.05) is 37.0 Å². The molecule has 1 saturated carbocycles. The summed E-state index contributed by atoms with van der Waals surface area (Å²) in [5.41, 5.74) is 1.81. The van der Waals surface area contributed by atoms with Gasteiger partial charge >= 0.3 is 0 Å². The maximum atomic E-state index is 11.3. The summed E-state index contributed by atoms with van der Waals surface area (Å²) in [6.07, 6.45) is 2.16. The fourth-order valence-corrected chi connectivity index (χ4v) is 2.45. The van der Waals surface area contributed by atoms with Crippen molar-refractivity contribution in [3.8, 4) is 5.75 Å². The molecular formula is C14H18N2O3. The van der Waals surface area contributed by atoms with Crippen molar-refractivity contribution in [3.05, 3.63) is 18.2 Å². The molecule has 102 valence electrons. The fourth-order valence-electron chi connectivity index (χ4n) is 2.45. The Hall–Kier alpha value is -1.75. The molecule has 0 atom stereocenters. The van der Waals surface area contributed by atoms with E-state index in [1.165, 1.54) is 0 Å². The number of benzene rings is 1. The van der Waals surface area contributed by atoms with Crippen LogP contribution in [-0.2, 0) is 4.79 Å². The highest BCUT2D eigenvalue weighted by atomic mass is 16.5. The normalized spacial score (nSPS) is 19.2. The van der Waals surface area contributed by atoms with Crippen LogP contribution >= 0.6 is 0 Å². The van der Waals surface area contributed by atoms with Gasteiger partial charge in [0.05, 0.1) is 12.3 Å². The molecule has 2 aliphatic rings. The van der Waals surface area contributed by atoms with Gasteiger partial charge < -0.3 is 20.1 Å². The summed E-state index contributed by atoms with van der Waals surface area (Å²) in [6, 6.07) is 5.77. The first-order valence-corrected chi connectivity index (χ1v) is 6.51. The lowest BCUT2D eigenvalue weighted by Gasteiger charge is -2.26. The molecule has 0 bridgehead atoms. The molecule has 5 heteroatoms. The van der Waals surface area contributed by atoms with Crippen LogP contribution in [0, 0.1) is 5.41 Å². The lowest BCUT2D eigenvalue weighted by molar-refractivity contribution is -0.118. The van der Waals surface area contributed by atoms with Gasteiger partial charge in [0.2, 0.25) is 0 Å². The van der Waals surface area contributed by atoms with E-state index in [0.717, 1.165) is 30.8 Å². The quantitative estimate of drug-likeness (QED) is 0.856. The van der Waals surface area contributed by atoms with Gasteiger partial charge in [0, 0.05) is 24.7 Å². The van der Waals surface area contributed by atoms with Crippen LogP contribution in [0.25, 0.3) is 0 Å². The number of nitrogens with one attached hydrogen (secondary N) is 1. The van der Waals surface area contributed by atoms with Crippen LogP contribution in [0.2, 0.25) is 0 Å². The zero-order valence-electron chi connectivity index (χ0n) is 11.0. The molecule has 1 fully saturated rings. The predicted octanol–water partition coefficient (Wildman–Crippen LogP) is 1.23. The van der Waals surface area contributed by atoms with E-state index in [-0.39, 0.29) is 24.5 Å². The number of aliphatic hydroxyl groups excluding tert-OH is 1. The van der Waals surface area contributed by atoms with Crippen molar-refractivity contribution < 1.29 is 14.6 Å². The highest BCUT2D eigenvalue weighted by molar-refractivity contribution is 5.96. The summed E-state index contributed by atoms with van der Waals surface area (Å²) in [7, 11) is 2.00. The minimum Gasteiger partial charge on any atom is -0.482 e. The van der Waals surface area contributed by atoms with E-state index in [1.54, 1.807) is 0 Å². The second kappa shape index (κ2) is 4.42. The number of aliphatic hydroxyl groups is 1. The van der Waals surface area contributed by atoms with Crippen molar-refractivity contribution in [1.82, 2.24) is 0 Å². The number of rotatable bonds is 4. The number of carbonyl (C=O) groups excluding carboxylic acids is 1. The Kier molecular flexibility index (Phi) is 2.86. The van der Waals surface area contributed by atoms with Gasteiger partial charge in [-0.1, -0.05) is 0 Å². The molecule has 1 aliphatic heterocycles. The summed E-state index contributed by atoms with van der Waals surface area (Å²) in [5.74, 6) is 0.585. The van der Waals surface area contributed by atoms with E-state index in [4.69, 9.17) is 4.74 Å². The van der Waals surface area contributed by atoms with Crippen LogP contribution in [0.4, 0.5) is 11.4 Å². The molecule has 1 heterocycles. The van der Waals surface area contributed by atoms with Crippen molar-refractivity contribution in [2.45, 2.75) is 12.8 Å². The van der Waals surface area contributed by atoms with Gasteiger partial charge in [0.15, 0.2) is 6.61 Å². The van der Waals surface area contributed by atoms with E-state index in [2.05, 4.69) is 10.2 Å². The van der Waals surface area contributed by atoms with Gasteiger partial charge in [-0.05, 0) is 31.0 Å². The third-order valence-corrected chi connectivity index (χ3v) is 3.90. The molecule has 0 unspecified atom stereocenters. The van der Waals surface area contributed by atoms with E-state index >= 15 is 0 Å². The minimum absolute atomic E-state index is 0.0738. The van der Waals surface area contributed by atoms with Crippen LogP contribution in [0.5, 0.6) is 5.75 Å². The van der Waals surface area contributed by atoms with Crippen LogP contribution in [0.3, 0.4) is 0 Å². The van der Waals surface area contributed by atoms with Crippen LogP contribution in [0.1, 0.15) is 12.8 Å². The molecule has 1 aromatic rings. The third kappa shape index (κ3) is 2.38. The van der Waals surface area contributed by atoms with Gasteiger partial charge in [-0.15, -0.1) is 0 Å². The van der Waals surface area contributed by atoms with Gasteiger partial charge in [0.25, 0.3) is 5.91 Å². The number of carbonyl (C=O) groups is 1. The Morgan fingerprint density at radius 2 is 2.26 bits per heavy atom. The second-order valence-electron chi connectivity index (χ2n) is 5.53. The number of anilines is 2. The Morgan fingerprint density at radius 3 is 2.95 bits per heavy atom. The molecule has 1 amide bonds. The molecular weight excluding hydrogens is 244 g/mol. The number of fused-ring (bicyclic) bond motifs is 1. The fraction of sp³-hybridized carbons (Fsp3) is 0.500. The summed E-state index contributed by atoms with van der Waals surface area (Å²) in [6.45, 7) is 1.15. The van der Waals surface area contributed by atoms with Crippen LogP contribution in [-0.4, -0.2) is 37.8 Å².